The summed E-state index contributed by atoms with van der Waals surface area (Å²) in [6, 6.07) is 12.6. The summed E-state index contributed by atoms with van der Waals surface area (Å²) in [5.74, 6) is -0.321. The SMILES string of the molecule is Cl.O=C(NN1CCN(Cc2ccccc2Cl)CC1)c1ccc(N2CCCCC2)c([N+](=O)[O-])c1. The van der Waals surface area contributed by atoms with E-state index in [1.807, 2.05) is 34.2 Å². The minimum absolute atomic E-state index is 0. The summed E-state index contributed by atoms with van der Waals surface area (Å²) in [5.41, 5.74) is 4.88. The lowest BCUT2D eigenvalue weighted by Crippen LogP contribution is -2.53. The lowest BCUT2D eigenvalue weighted by atomic mass is 10.1. The summed E-state index contributed by atoms with van der Waals surface area (Å²) >= 11 is 6.26. The van der Waals surface area contributed by atoms with Crippen molar-refractivity contribution < 1.29 is 9.72 Å². The molecule has 33 heavy (non-hydrogen) atoms. The van der Waals surface area contributed by atoms with E-state index in [1.54, 1.807) is 12.1 Å². The van der Waals surface area contributed by atoms with Crippen molar-refractivity contribution >= 4 is 41.3 Å². The van der Waals surface area contributed by atoms with Gasteiger partial charge < -0.3 is 4.90 Å². The molecule has 2 aliphatic rings. The van der Waals surface area contributed by atoms with E-state index in [1.165, 1.54) is 6.07 Å². The monoisotopic (exact) mass is 493 g/mol. The number of carbonyl (C=O) groups excluding carboxylic acids is 1. The molecule has 2 fully saturated rings. The Labute approximate surface area is 205 Å². The third kappa shape index (κ3) is 6.35. The first-order valence-electron chi connectivity index (χ1n) is 11.1. The number of hydrogen-bond donors (Lipinski definition) is 1. The van der Waals surface area contributed by atoms with E-state index in [4.69, 9.17) is 11.6 Å². The van der Waals surface area contributed by atoms with Gasteiger partial charge in [0.15, 0.2) is 0 Å². The van der Waals surface area contributed by atoms with Crippen molar-refractivity contribution in [2.24, 2.45) is 0 Å². The summed E-state index contributed by atoms with van der Waals surface area (Å²) in [6.45, 7) is 5.31. The van der Waals surface area contributed by atoms with E-state index in [-0.39, 0.29) is 24.0 Å². The number of nitro groups is 1. The molecule has 0 atom stereocenters. The van der Waals surface area contributed by atoms with Gasteiger partial charge in [-0.15, -0.1) is 12.4 Å². The number of hydrazine groups is 1. The maximum atomic E-state index is 12.8. The predicted octanol–water partition coefficient (Wildman–Crippen LogP) is 4.12. The molecule has 178 valence electrons. The number of nitro benzene ring substituents is 1. The minimum atomic E-state index is -0.395. The van der Waals surface area contributed by atoms with Gasteiger partial charge in [-0.05, 0) is 43.0 Å². The largest absolute Gasteiger partial charge is 0.366 e. The van der Waals surface area contributed by atoms with Crippen LogP contribution in [-0.2, 0) is 6.54 Å². The van der Waals surface area contributed by atoms with E-state index < -0.39 is 4.92 Å². The number of rotatable bonds is 6. The molecule has 0 saturated carbocycles. The normalized spacial score (nSPS) is 17.3. The van der Waals surface area contributed by atoms with Crippen LogP contribution in [0.3, 0.4) is 0 Å². The topological polar surface area (TPSA) is 82.0 Å². The maximum Gasteiger partial charge on any atom is 0.293 e. The average molecular weight is 494 g/mol. The van der Waals surface area contributed by atoms with E-state index in [2.05, 4.69) is 10.3 Å². The maximum absolute atomic E-state index is 12.8. The first kappa shape index (κ1) is 25.2. The zero-order valence-corrected chi connectivity index (χ0v) is 20.0. The number of nitrogens with zero attached hydrogens (tertiary/aromatic N) is 4. The summed E-state index contributed by atoms with van der Waals surface area (Å²) < 4.78 is 0. The number of benzene rings is 2. The van der Waals surface area contributed by atoms with Gasteiger partial charge in [0.05, 0.1) is 4.92 Å². The standard InChI is InChI=1S/C23H28ClN5O3.ClH/c24-20-7-3-2-6-19(20)17-26-12-14-28(15-13-26)25-23(30)18-8-9-21(22(16-18)29(31)32)27-10-4-1-5-11-27;/h2-3,6-9,16H,1,4-5,10-15,17H2,(H,25,30);1H. The Balaban J connectivity index is 0.00000306. The van der Waals surface area contributed by atoms with Gasteiger partial charge in [0.25, 0.3) is 11.6 Å². The molecule has 0 spiro atoms. The van der Waals surface area contributed by atoms with Crippen molar-refractivity contribution in [2.45, 2.75) is 25.8 Å². The van der Waals surface area contributed by atoms with E-state index in [0.29, 0.717) is 24.3 Å². The Hall–Kier alpha value is -2.39. The molecular weight excluding hydrogens is 465 g/mol. The number of piperidine rings is 1. The number of carbonyl (C=O) groups is 1. The van der Waals surface area contributed by atoms with Gasteiger partial charge in [-0.25, -0.2) is 5.01 Å². The molecule has 0 unspecified atom stereocenters. The van der Waals surface area contributed by atoms with Crippen LogP contribution in [0.5, 0.6) is 0 Å². The van der Waals surface area contributed by atoms with Crippen LogP contribution in [0.2, 0.25) is 5.02 Å². The molecule has 0 radical (unpaired) electrons. The Kier molecular flexibility index (Phi) is 8.91. The van der Waals surface area contributed by atoms with Crippen LogP contribution in [0, 0.1) is 10.1 Å². The first-order valence-corrected chi connectivity index (χ1v) is 11.4. The van der Waals surface area contributed by atoms with Crippen molar-refractivity contribution in [3.63, 3.8) is 0 Å². The molecule has 1 N–H and O–H groups in total. The van der Waals surface area contributed by atoms with Crippen LogP contribution in [0.25, 0.3) is 0 Å². The third-order valence-electron chi connectivity index (χ3n) is 6.11. The van der Waals surface area contributed by atoms with Gasteiger partial charge in [0, 0.05) is 62.5 Å². The number of anilines is 1. The fourth-order valence-corrected chi connectivity index (χ4v) is 4.50. The molecular formula is C23H29Cl2N5O3. The zero-order chi connectivity index (χ0) is 22.5. The fraction of sp³-hybridized carbons (Fsp3) is 0.435. The second kappa shape index (κ2) is 11.7. The van der Waals surface area contributed by atoms with Crippen LogP contribution in [0.1, 0.15) is 35.2 Å². The zero-order valence-electron chi connectivity index (χ0n) is 18.4. The van der Waals surface area contributed by atoms with Crippen molar-refractivity contribution in [1.29, 1.82) is 0 Å². The number of nitrogens with one attached hydrogen (secondary N) is 1. The second-order valence-corrected chi connectivity index (χ2v) is 8.71. The van der Waals surface area contributed by atoms with Gasteiger partial charge in [-0.2, -0.15) is 0 Å². The molecule has 2 aromatic rings. The molecule has 2 saturated heterocycles. The molecule has 8 nitrogen and oxygen atoms in total. The van der Waals surface area contributed by atoms with Crippen molar-refractivity contribution in [2.75, 3.05) is 44.2 Å². The lowest BCUT2D eigenvalue weighted by molar-refractivity contribution is -0.384. The van der Waals surface area contributed by atoms with Crippen LogP contribution in [0.4, 0.5) is 11.4 Å². The Morgan fingerprint density at radius 2 is 1.70 bits per heavy atom. The van der Waals surface area contributed by atoms with E-state index >= 15 is 0 Å². The fourth-order valence-electron chi connectivity index (χ4n) is 4.31. The summed E-state index contributed by atoms with van der Waals surface area (Å²) in [6.07, 6.45) is 3.21. The van der Waals surface area contributed by atoms with E-state index in [0.717, 1.165) is 62.6 Å². The third-order valence-corrected chi connectivity index (χ3v) is 6.48. The Bertz CT molecular complexity index is 976. The smallest absolute Gasteiger partial charge is 0.293 e. The molecule has 1 amide bonds. The highest BCUT2D eigenvalue weighted by atomic mass is 35.5. The summed E-state index contributed by atoms with van der Waals surface area (Å²) in [4.78, 5) is 28.4. The van der Waals surface area contributed by atoms with E-state index in [9.17, 15) is 14.9 Å². The quantitative estimate of drug-likeness (QED) is 0.481. The molecule has 0 aromatic heterocycles. The Morgan fingerprint density at radius 1 is 1.00 bits per heavy atom. The van der Waals surface area contributed by atoms with Gasteiger partial charge in [-0.3, -0.25) is 25.2 Å². The number of hydrogen-bond acceptors (Lipinski definition) is 6. The van der Waals surface area contributed by atoms with Crippen LogP contribution < -0.4 is 10.3 Å². The highest BCUT2D eigenvalue weighted by molar-refractivity contribution is 6.31. The highest BCUT2D eigenvalue weighted by Crippen LogP contribution is 2.31. The number of halogens is 2. The average Bonchev–Trinajstić information content (AvgIpc) is 2.82. The van der Waals surface area contributed by atoms with Crippen LogP contribution >= 0.6 is 24.0 Å². The molecule has 0 aliphatic carbocycles. The summed E-state index contributed by atoms with van der Waals surface area (Å²) in [5, 5.41) is 14.3. The van der Waals surface area contributed by atoms with Crippen LogP contribution in [0.15, 0.2) is 42.5 Å². The summed E-state index contributed by atoms with van der Waals surface area (Å²) in [7, 11) is 0. The second-order valence-electron chi connectivity index (χ2n) is 8.30. The van der Waals surface area contributed by atoms with Crippen molar-refractivity contribution in [3.05, 3.63) is 68.7 Å². The lowest BCUT2D eigenvalue weighted by Gasteiger charge is -2.34. The molecule has 10 heteroatoms. The Morgan fingerprint density at radius 3 is 2.36 bits per heavy atom. The van der Waals surface area contributed by atoms with Crippen molar-refractivity contribution in [3.8, 4) is 0 Å². The predicted molar refractivity (Wildman–Crippen MR) is 132 cm³/mol. The van der Waals surface area contributed by atoms with Crippen LogP contribution in [-0.4, -0.2) is 60.0 Å². The highest BCUT2D eigenvalue weighted by Gasteiger charge is 2.24. The van der Waals surface area contributed by atoms with Gasteiger partial charge in [0.1, 0.15) is 5.69 Å². The van der Waals surface area contributed by atoms with Crippen molar-refractivity contribution in [1.82, 2.24) is 15.3 Å². The minimum Gasteiger partial charge on any atom is -0.366 e. The molecule has 2 aliphatic heterocycles. The number of amides is 1. The molecule has 2 heterocycles. The first-order chi connectivity index (χ1) is 15.5. The van der Waals surface area contributed by atoms with Gasteiger partial charge in [-0.1, -0.05) is 29.8 Å². The van der Waals surface area contributed by atoms with Gasteiger partial charge in [0.2, 0.25) is 0 Å². The van der Waals surface area contributed by atoms with Gasteiger partial charge >= 0.3 is 0 Å². The molecule has 4 rings (SSSR count). The number of piperazine rings is 1. The molecule has 0 bridgehead atoms. The molecule has 2 aromatic carbocycles.